The number of rotatable bonds is 3. The average Bonchev–Trinajstić information content (AvgIpc) is 2.28. The summed E-state index contributed by atoms with van der Waals surface area (Å²) in [7, 11) is 0. The molecule has 1 fully saturated rings. The summed E-state index contributed by atoms with van der Waals surface area (Å²) >= 11 is 0. The third kappa shape index (κ3) is 3.38. The lowest BCUT2D eigenvalue weighted by Crippen LogP contribution is -2.45. The van der Waals surface area contributed by atoms with E-state index in [9.17, 15) is 4.79 Å². The maximum absolute atomic E-state index is 10.9. The summed E-state index contributed by atoms with van der Waals surface area (Å²) in [6.45, 7) is 3.70. The molecule has 1 heterocycles. The maximum atomic E-state index is 10.9. The lowest BCUT2D eigenvalue weighted by atomic mass is 10.0. The van der Waals surface area contributed by atoms with E-state index >= 15 is 0 Å². The van der Waals surface area contributed by atoms with E-state index in [1.54, 1.807) is 0 Å². The molecule has 17 heavy (non-hydrogen) atoms. The van der Waals surface area contributed by atoms with Crippen molar-refractivity contribution in [2.45, 2.75) is 44.7 Å². The molecule has 0 radical (unpaired) electrons. The molecular weight excluding hydrogens is 216 g/mol. The van der Waals surface area contributed by atoms with Crippen LogP contribution >= 0.6 is 0 Å². The second-order valence-corrected chi connectivity index (χ2v) is 4.86. The van der Waals surface area contributed by atoms with Crippen molar-refractivity contribution in [1.29, 1.82) is 0 Å². The Bertz CT molecular complexity index is 372. The number of hydrogen-bond donors (Lipinski definition) is 0. The second kappa shape index (κ2) is 4.98. The zero-order valence-electron chi connectivity index (χ0n) is 10.3. The Labute approximate surface area is 102 Å². The first-order chi connectivity index (χ1) is 8.09. The highest BCUT2D eigenvalue weighted by atomic mass is 16.7. The van der Waals surface area contributed by atoms with Crippen molar-refractivity contribution in [3.05, 3.63) is 35.9 Å². The minimum absolute atomic E-state index is 0.0383. The summed E-state index contributed by atoms with van der Waals surface area (Å²) in [4.78, 5) is 10.9. The van der Waals surface area contributed by atoms with E-state index in [1.165, 1.54) is 5.56 Å². The van der Waals surface area contributed by atoms with E-state index in [0.717, 1.165) is 12.7 Å². The van der Waals surface area contributed by atoms with Gasteiger partial charge in [0.1, 0.15) is 12.4 Å². The van der Waals surface area contributed by atoms with Crippen LogP contribution in [-0.4, -0.2) is 24.3 Å². The van der Waals surface area contributed by atoms with Crippen LogP contribution in [-0.2, 0) is 20.7 Å². The molecule has 0 N–H and O–H groups in total. The van der Waals surface area contributed by atoms with Gasteiger partial charge in [-0.25, -0.2) is 0 Å². The van der Waals surface area contributed by atoms with Gasteiger partial charge in [0.05, 0.1) is 6.10 Å². The second-order valence-electron chi connectivity index (χ2n) is 4.86. The summed E-state index contributed by atoms with van der Waals surface area (Å²) in [6, 6.07) is 10.2. The first kappa shape index (κ1) is 12.3. The molecule has 0 aliphatic carbocycles. The van der Waals surface area contributed by atoms with Crippen LogP contribution in [0, 0.1) is 0 Å². The third-order valence-corrected chi connectivity index (χ3v) is 2.84. The molecule has 3 heteroatoms. The van der Waals surface area contributed by atoms with Crippen LogP contribution in [0.3, 0.4) is 0 Å². The van der Waals surface area contributed by atoms with Gasteiger partial charge in [-0.3, -0.25) is 0 Å². The molecule has 2 rings (SSSR count). The highest BCUT2D eigenvalue weighted by Gasteiger charge is 2.35. The van der Waals surface area contributed by atoms with Gasteiger partial charge in [0.15, 0.2) is 5.79 Å². The van der Waals surface area contributed by atoms with Crippen molar-refractivity contribution < 1.29 is 14.3 Å². The molecule has 0 bridgehead atoms. The first-order valence-corrected chi connectivity index (χ1v) is 5.94. The molecule has 1 aromatic carbocycles. The highest BCUT2D eigenvalue weighted by molar-refractivity contribution is 5.56. The number of aldehydes is 1. The van der Waals surface area contributed by atoms with E-state index in [2.05, 4.69) is 12.1 Å². The van der Waals surface area contributed by atoms with Crippen LogP contribution in [0.1, 0.15) is 25.8 Å². The van der Waals surface area contributed by atoms with E-state index in [0.29, 0.717) is 6.42 Å². The van der Waals surface area contributed by atoms with Gasteiger partial charge in [0, 0.05) is 6.42 Å². The van der Waals surface area contributed by atoms with E-state index < -0.39 is 5.79 Å². The van der Waals surface area contributed by atoms with Crippen molar-refractivity contribution in [2.75, 3.05) is 0 Å². The fourth-order valence-corrected chi connectivity index (χ4v) is 2.23. The lowest BCUT2D eigenvalue weighted by Gasteiger charge is -2.39. The predicted octanol–water partition coefficient (Wildman–Crippen LogP) is 2.34. The van der Waals surface area contributed by atoms with Gasteiger partial charge >= 0.3 is 0 Å². The van der Waals surface area contributed by atoms with Crippen LogP contribution in [0.2, 0.25) is 0 Å². The highest BCUT2D eigenvalue weighted by Crippen LogP contribution is 2.27. The van der Waals surface area contributed by atoms with Gasteiger partial charge in [-0.2, -0.15) is 0 Å². The Morgan fingerprint density at radius 1 is 1.29 bits per heavy atom. The number of ether oxygens (including phenoxy) is 2. The van der Waals surface area contributed by atoms with Crippen molar-refractivity contribution in [1.82, 2.24) is 0 Å². The van der Waals surface area contributed by atoms with Crippen LogP contribution in [0.25, 0.3) is 0 Å². The Balaban J connectivity index is 2.03. The van der Waals surface area contributed by atoms with Crippen LogP contribution in [0.15, 0.2) is 30.3 Å². The molecule has 1 aliphatic heterocycles. The predicted molar refractivity (Wildman–Crippen MR) is 64.7 cm³/mol. The Hall–Kier alpha value is -1.19. The van der Waals surface area contributed by atoms with E-state index in [1.807, 2.05) is 32.0 Å². The fourth-order valence-electron chi connectivity index (χ4n) is 2.23. The number of carbonyl (C=O) groups excluding carboxylic acids is 1. The van der Waals surface area contributed by atoms with E-state index in [4.69, 9.17) is 9.47 Å². The quantitative estimate of drug-likeness (QED) is 0.753. The van der Waals surface area contributed by atoms with Crippen LogP contribution in [0.5, 0.6) is 0 Å². The minimum atomic E-state index is -0.677. The molecule has 3 nitrogen and oxygen atoms in total. The van der Waals surface area contributed by atoms with Gasteiger partial charge in [0.25, 0.3) is 0 Å². The summed E-state index contributed by atoms with van der Waals surface area (Å²) in [6.07, 6.45) is 1.99. The standard InChI is InChI=1S/C14H18O3/c1-14(2)16-12(9-13(10-15)17-14)8-11-6-4-3-5-7-11/h3-7,10,12-13H,8-9H2,1-2H3/t12-,13-/m1/s1. The van der Waals surface area contributed by atoms with Gasteiger partial charge in [-0.1, -0.05) is 30.3 Å². The Morgan fingerprint density at radius 3 is 2.65 bits per heavy atom. The molecule has 0 aromatic heterocycles. The topological polar surface area (TPSA) is 35.5 Å². The first-order valence-electron chi connectivity index (χ1n) is 5.94. The molecule has 1 aromatic rings. The van der Waals surface area contributed by atoms with Gasteiger partial charge < -0.3 is 14.3 Å². The third-order valence-electron chi connectivity index (χ3n) is 2.84. The smallest absolute Gasteiger partial charge is 0.164 e. The SMILES string of the molecule is CC1(C)O[C@H](Cc2ccccc2)C[C@H](C=O)O1. The van der Waals surface area contributed by atoms with Crippen molar-refractivity contribution in [3.8, 4) is 0 Å². The molecule has 92 valence electrons. The number of hydrogen-bond acceptors (Lipinski definition) is 3. The van der Waals surface area contributed by atoms with Crippen LogP contribution < -0.4 is 0 Å². The largest absolute Gasteiger partial charge is 0.347 e. The average molecular weight is 234 g/mol. The lowest BCUT2D eigenvalue weighted by molar-refractivity contribution is -0.290. The van der Waals surface area contributed by atoms with Gasteiger partial charge in [0.2, 0.25) is 0 Å². The summed E-state index contributed by atoms with van der Waals surface area (Å²) < 4.78 is 11.3. The van der Waals surface area contributed by atoms with Gasteiger partial charge in [-0.05, 0) is 25.8 Å². The van der Waals surface area contributed by atoms with E-state index in [-0.39, 0.29) is 12.2 Å². The number of carbonyl (C=O) groups is 1. The zero-order valence-corrected chi connectivity index (χ0v) is 10.3. The van der Waals surface area contributed by atoms with Gasteiger partial charge in [-0.15, -0.1) is 0 Å². The minimum Gasteiger partial charge on any atom is -0.347 e. The zero-order chi connectivity index (χ0) is 12.3. The monoisotopic (exact) mass is 234 g/mol. The molecule has 1 saturated heterocycles. The molecule has 0 saturated carbocycles. The van der Waals surface area contributed by atoms with Crippen LogP contribution in [0.4, 0.5) is 0 Å². The Morgan fingerprint density at radius 2 is 2.00 bits per heavy atom. The fraction of sp³-hybridized carbons (Fsp3) is 0.500. The molecular formula is C14H18O3. The summed E-state index contributed by atoms with van der Waals surface area (Å²) in [5.41, 5.74) is 1.22. The van der Waals surface area contributed by atoms with Crippen molar-refractivity contribution >= 4 is 6.29 Å². The maximum Gasteiger partial charge on any atom is 0.164 e. The van der Waals surface area contributed by atoms with Crippen molar-refractivity contribution in [3.63, 3.8) is 0 Å². The summed E-state index contributed by atoms with van der Waals surface area (Å²) in [5.74, 6) is -0.677. The molecule has 0 unspecified atom stereocenters. The Kier molecular flexibility index (Phi) is 3.60. The number of benzene rings is 1. The molecule has 0 spiro atoms. The van der Waals surface area contributed by atoms with Crippen molar-refractivity contribution in [2.24, 2.45) is 0 Å². The summed E-state index contributed by atoms with van der Waals surface area (Å²) in [5, 5.41) is 0. The normalized spacial score (nSPS) is 27.6. The molecule has 2 atom stereocenters. The molecule has 0 amide bonds. The molecule has 1 aliphatic rings.